The molecular formula is C15H20N4O. The lowest BCUT2D eigenvalue weighted by Crippen LogP contribution is -2.49. The van der Waals surface area contributed by atoms with Gasteiger partial charge in [-0.2, -0.15) is 0 Å². The molecule has 5 nitrogen and oxygen atoms in total. The maximum atomic E-state index is 12.0. The van der Waals surface area contributed by atoms with Crippen LogP contribution < -0.4 is 10.6 Å². The highest BCUT2D eigenvalue weighted by Crippen LogP contribution is 2.15. The van der Waals surface area contributed by atoms with E-state index >= 15 is 0 Å². The summed E-state index contributed by atoms with van der Waals surface area (Å²) in [7, 11) is 0. The summed E-state index contributed by atoms with van der Waals surface area (Å²) >= 11 is 0. The molecule has 0 radical (unpaired) electrons. The number of nitrogens with one attached hydrogen (secondary N) is 2. The van der Waals surface area contributed by atoms with Gasteiger partial charge >= 0.3 is 0 Å². The molecule has 1 fully saturated rings. The van der Waals surface area contributed by atoms with E-state index in [4.69, 9.17) is 0 Å². The second-order valence-corrected chi connectivity index (χ2v) is 5.42. The first-order valence-corrected chi connectivity index (χ1v) is 7.14. The molecule has 2 aromatic rings. The minimum atomic E-state index is 0.0933. The quantitative estimate of drug-likeness (QED) is 0.854. The topological polar surface area (TPSA) is 59.0 Å². The van der Waals surface area contributed by atoms with Crippen LogP contribution in [0.2, 0.25) is 0 Å². The van der Waals surface area contributed by atoms with Crippen LogP contribution in [0.5, 0.6) is 0 Å². The van der Waals surface area contributed by atoms with Crippen molar-refractivity contribution in [2.24, 2.45) is 11.8 Å². The first kappa shape index (κ1) is 13.1. The normalized spacial score (nSPS) is 16.9. The number of para-hydroxylation sites is 2. The van der Waals surface area contributed by atoms with E-state index in [0.29, 0.717) is 12.5 Å². The molecule has 0 saturated carbocycles. The first-order valence-electron chi connectivity index (χ1n) is 7.14. The van der Waals surface area contributed by atoms with Crippen LogP contribution in [0.15, 0.2) is 30.6 Å². The van der Waals surface area contributed by atoms with E-state index in [0.717, 1.165) is 30.7 Å². The maximum absolute atomic E-state index is 12.0. The summed E-state index contributed by atoms with van der Waals surface area (Å²) in [5.74, 6) is 0.737. The van der Waals surface area contributed by atoms with E-state index in [1.165, 1.54) is 0 Å². The van der Waals surface area contributed by atoms with Crippen LogP contribution in [0.4, 0.5) is 0 Å². The number of nitrogens with zero attached hydrogens (tertiary/aromatic N) is 2. The van der Waals surface area contributed by atoms with Gasteiger partial charge in [0, 0.05) is 19.0 Å². The molecule has 1 amide bonds. The molecule has 1 aromatic carbocycles. The van der Waals surface area contributed by atoms with Crippen molar-refractivity contribution in [2.75, 3.05) is 19.6 Å². The second kappa shape index (κ2) is 5.63. The monoisotopic (exact) mass is 272 g/mol. The van der Waals surface area contributed by atoms with Gasteiger partial charge in [-0.05, 0) is 31.1 Å². The second-order valence-electron chi connectivity index (χ2n) is 5.42. The Hall–Kier alpha value is -1.88. The first-order chi connectivity index (χ1) is 9.75. The third-order valence-corrected chi connectivity index (χ3v) is 4.11. The zero-order valence-electron chi connectivity index (χ0n) is 11.7. The Balaban J connectivity index is 1.53. The Bertz CT molecular complexity index is 603. The summed E-state index contributed by atoms with van der Waals surface area (Å²) in [5.41, 5.74) is 2.10. The fourth-order valence-electron chi connectivity index (χ4n) is 2.53. The Kier molecular flexibility index (Phi) is 3.69. The number of aromatic nitrogens is 2. The molecule has 1 aliphatic heterocycles. The molecule has 3 rings (SSSR count). The number of imidazole rings is 1. The van der Waals surface area contributed by atoms with Gasteiger partial charge in [-0.3, -0.25) is 4.79 Å². The summed E-state index contributed by atoms with van der Waals surface area (Å²) in [6.07, 6.45) is 1.83. The highest BCUT2D eigenvalue weighted by atomic mass is 16.1. The minimum absolute atomic E-state index is 0.0933. The zero-order chi connectivity index (χ0) is 13.9. The molecule has 1 unspecified atom stereocenters. The number of fused-ring (bicyclic) bond motifs is 1. The van der Waals surface area contributed by atoms with Crippen LogP contribution in [0, 0.1) is 11.8 Å². The lowest BCUT2D eigenvalue weighted by atomic mass is 9.88. The van der Waals surface area contributed by atoms with Gasteiger partial charge in [0.2, 0.25) is 5.91 Å². The van der Waals surface area contributed by atoms with Crippen molar-refractivity contribution in [1.29, 1.82) is 0 Å². The predicted octanol–water partition coefficient (Wildman–Crippen LogP) is 1.01. The molecule has 1 aromatic heterocycles. The summed E-state index contributed by atoms with van der Waals surface area (Å²) in [4.78, 5) is 16.3. The molecule has 0 aliphatic carbocycles. The molecule has 1 aliphatic rings. The Morgan fingerprint density at radius 1 is 1.50 bits per heavy atom. The highest BCUT2D eigenvalue weighted by molar-refractivity contribution is 5.78. The standard InChI is InChI=1S/C15H20N4O/c1-11(12-8-16-9-12)15(20)17-6-7-19-10-18-13-4-2-3-5-14(13)19/h2-5,10-12,16H,6-9H2,1H3,(H,17,20). The third kappa shape index (κ3) is 2.54. The molecule has 20 heavy (non-hydrogen) atoms. The number of rotatable bonds is 5. The fraction of sp³-hybridized carbons (Fsp3) is 0.467. The average molecular weight is 272 g/mol. The summed E-state index contributed by atoms with van der Waals surface area (Å²) in [5, 5.41) is 6.22. The van der Waals surface area contributed by atoms with Gasteiger partial charge in [0.25, 0.3) is 0 Å². The molecule has 2 heterocycles. The molecule has 0 bridgehead atoms. The van der Waals surface area contributed by atoms with E-state index in [9.17, 15) is 4.79 Å². The van der Waals surface area contributed by atoms with Crippen molar-refractivity contribution < 1.29 is 4.79 Å². The van der Waals surface area contributed by atoms with Crippen molar-refractivity contribution in [2.45, 2.75) is 13.5 Å². The SMILES string of the molecule is CC(C(=O)NCCn1cnc2ccccc21)C1CNC1. The molecule has 1 saturated heterocycles. The van der Waals surface area contributed by atoms with Crippen molar-refractivity contribution in [3.05, 3.63) is 30.6 Å². The number of benzene rings is 1. The van der Waals surface area contributed by atoms with Gasteiger partial charge in [-0.1, -0.05) is 19.1 Å². The maximum Gasteiger partial charge on any atom is 0.223 e. The largest absolute Gasteiger partial charge is 0.354 e. The minimum Gasteiger partial charge on any atom is -0.354 e. The Morgan fingerprint density at radius 2 is 2.30 bits per heavy atom. The Labute approximate surface area is 118 Å². The molecule has 2 N–H and O–H groups in total. The Morgan fingerprint density at radius 3 is 3.05 bits per heavy atom. The van der Waals surface area contributed by atoms with Crippen LogP contribution in [-0.2, 0) is 11.3 Å². The van der Waals surface area contributed by atoms with E-state index in [1.807, 2.05) is 37.5 Å². The molecule has 5 heteroatoms. The fourth-order valence-corrected chi connectivity index (χ4v) is 2.53. The zero-order valence-corrected chi connectivity index (χ0v) is 11.7. The third-order valence-electron chi connectivity index (χ3n) is 4.11. The van der Waals surface area contributed by atoms with Gasteiger partial charge in [-0.25, -0.2) is 4.98 Å². The van der Waals surface area contributed by atoms with Crippen LogP contribution >= 0.6 is 0 Å². The lowest BCUT2D eigenvalue weighted by molar-refractivity contribution is -0.126. The average Bonchev–Trinajstić information content (AvgIpc) is 2.80. The van der Waals surface area contributed by atoms with Gasteiger partial charge < -0.3 is 15.2 Å². The van der Waals surface area contributed by atoms with Gasteiger partial charge in [0.15, 0.2) is 0 Å². The van der Waals surface area contributed by atoms with Gasteiger partial charge in [-0.15, -0.1) is 0 Å². The van der Waals surface area contributed by atoms with Crippen molar-refractivity contribution in [1.82, 2.24) is 20.2 Å². The van der Waals surface area contributed by atoms with Crippen molar-refractivity contribution >= 4 is 16.9 Å². The van der Waals surface area contributed by atoms with E-state index in [1.54, 1.807) is 0 Å². The summed E-state index contributed by atoms with van der Waals surface area (Å²) in [6.45, 7) is 5.32. The van der Waals surface area contributed by atoms with Gasteiger partial charge in [0.1, 0.15) is 0 Å². The van der Waals surface area contributed by atoms with Crippen molar-refractivity contribution in [3.63, 3.8) is 0 Å². The highest BCUT2D eigenvalue weighted by Gasteiger charge is 2.28. The molecule has 0 spiro atoms. The van der Waals surface area contributed by atoms with E-state index < -0.39 is 0 Å². The van der Waals surface area contributed by atoms with Crippen LogP contribution in [0.3, 0.4) is 0 Å². The predicted molar refractivity (Wildman–Crippen MR) is 78.3 cm³/mol. The number of carbonyl (C=O) groups excluding carboxylic acids is 1. The van der Waals surface area contributed by atoms with Crippen LogP contribution in [0.1, 0.15) is 6.92 Å². The lowest BCUT2D eigenvalue weighted by Gasteiger charge is -2.31. The van der Waals surface area contributed by atoms with E-state index in [-0.39, 0.29) is 11.8 Å². The number of hydrogen-bond donors (Lipinski definition) is 2. The molecular weight excluding hydrogens is 252 g/mol. The summed E-state index contributed by atoms with van der Waals surface area (Å²) < 4.78 is 2.07. The smallest absolute Gasteiger partial charge is 0.223 e. The molecule has 106 valence electrons. The van der Waals surface area contributed by atoms with Crippen LogP contribution in [-0.4, -0.2) is 35.1 Å². The van der Waals surface area contributed by atoms with Crippen molar-refractivity contribution in [3.8, 4) is 0 Å². The number of carbonyl (C=O) groups is 1. The molecule has 1 atom stereocenters. The van der Waals surface area contributed by atoms with Gasteiger partial charge in [0.05, 0.1) is 17.4 Å². The van der Waals surface area contributed by atoms with Crippen LogP contribution in [0.25, 0.3) is 11.0 Å². The number of amides is 1. The number of hydrogen-bond acceptors (Lipinski definition) is 3. The van der Waals surface area contributed by atoms with E-state index in [2.05, 4.69) is 20.2 Å². The summed E-state index contributed by atoms with van der Waals surface area (Å²) in [6, 6.07) is 8.03.